The van der Waals surface area contributed by atoms with Crippen LogP contribution in [0.15, 0.2) is 42.5 Å². The summed E-state index contributed by atoms with van der Waals surface area (Å²) in [4.78, 5) is 25.3. The second kappa shape index (κ2) is 7.47. The molecule has 0 spiro atoms. The van der Waals surface area contributed by atoms with E-state index in [-0.39, 0.29) is 11.7 Å². The summed E-state index contributed by atoms with van der Waals surface area (Å²) in [6.45, 7) is 7.51. The van der Waals surface area contributed by atoms with Gasteiger partial charge in [-0.2, -0.15) is 0 Å². The molecular formula is C20H22INO2. The number of benzene rings is 2. The predicted octanol–water partition coefficient (Wildman–Crippen LogP) is 4.55. The van der Waals surface area contributed by atoms with Gasteiger partial charge in [0, 0.05) is 14.7 Å². The maximum atomic E-state index is 12.8. The van der Waals surface area contributed by atoms with Crippen molar-refractivity contribution in [1.29, 1.82) is 0 Å². The Morgan fingerprint density at radius 1 is 1.04 bits per heavy atom. The molecule has 2 aromatic carbocycles. The molecule has 0 saturated carbocycles. The lowest BCUT2D eigenvalue weighted by atomic mass is 9.92. The average molecular weight is 435 g/mol. The van der Waals surface area contributed by atoms with Crippen LogP contribution in [-0.2, 0) is 6.42 Å². The van der Waals surface area contributed by atoms with Crippen LogP contribution in [0.2, 0.25) is 0 Å². The molecule has 0 aliphatic rings. The zero-order valence-corrected chi connectivity index (χ0v) is 16.6. The van der Waals surface area contributed by atoms with Gasteiger partial charge in [-0.15, -0.1) is 0 Å². The van der Waals surface area contributed by atoms with Crippen molar-refractivity contribution < 1.29 is 9.59 Å². The summed E-state index contributed by atoms with van der Waals surface area (Å²) in [5, 5.41) is 2.86. The molecule has 0 aliphatic heterocycles. The molecule has 1 N–H and O–H groups in total. The molecule has 24 heavy (non-hydrogen) atoms. The van der Waals surface area contributed by atoms with E-state index in [0.717, 1.165) is 15.6 Å². The van der Waals surface area contributed by atoms with Crippen molar-refractivity contribution in [2.45, 2.75) is 39.7 Å². The molecule has 0 aromatic heterocycles. The monoisotopic (exact) mass is 435 g/mol. The number of aryl methyl sites for hydroxylation is 2. The average Bonchev–Trinajstić information content (AvgIpc) is 2.52. The van der Waals surface area contributed by atoms with Crippen molar-refractivity contribution in [3.63, 3.8) is 0 Å². The number of carbonyl (C=O) groups excluding carboxylic acids is 2. The van der Waals surface area contributed by atoms with Crippen LogP contribution in [0.3, 0.4) is 0 Å². The predicted molar refractivity (Wildman–Crippen MR) is 106 cm³/mol. The number of nitrogens with one attached hydrogen (secondary N) is 1. The first-order valence-corrected chi connectivity index (χ1v) is 9.04. The maximum absolute atomic E-state index is 12.8. The molecule has 2 aromatic rings. The summed E-state index contributed by atoms with van der Waals surface area (Å²) in [5.74, 6) is -0.332. The topological polar surface area (TPSA) is 46.2 Å². The molecule has 0 unspecified atom stereocenters. The third-order valence-electron chi connectivity index (χ3n) is 3.92. The highest BCUT2D eigenvalue weighted by atomic mass is 127. The van der Waals surface area contributed by atoms with Gasteiger partial charge in [-0.3, -0.25) is 9.59 Å². The number of ketones is 1. The van der Waals surface area contributed by atoms with Crippen LogP contribution in [0, 0.1) is 10.5 Å². The fourth-order valence-electron chi connectivity index (χ4n) is 2.53. The lowest BCUT2D eigenvalue weighted by Gasteiger charge is -2.25. The first-order chi connectivity index (χ1) is 11.2. The Labute approximate surface area is 157 Å². The van der Waals surface area contributed by atoms with E-state index in [0.29, 0.717) is 11.1 Å². The highest BCUT2D eigenvalue weighted by Crippen LogP contribution is 2.18. The van der Waals surface area contributed by atoms with Crippen LogP contribution in [0.5, 0.6) is 0 Å². The Bertz CT molecular complexity index is 743. The van der Waals surface area contributed by atoms with Crippen molar-refractivity contribution >= 4 is 34.3 Å². The third-order valence-corrected chi connectivity index (χ3v) is 4.55. The summed E-state index contributed by atoms with van der Waals surface area (Å²) in [5.41, 5.74) is 2.41. The molecule has 0 fully saturated rings. The van der Waals surface area contributed by atoms with Crippen LogP contribution < -0.4 is 5.32 Å². The molecular weight excluding hydrogens is 413 g/mol. The van der Waals surface area contributed by atoms with Crippen LogP contribution in [-0.4, -0.2) is 17.2 Å². The Balaban J connectivity index is 2.19. The van der Waals surface area contributed by atoms with E-state index in [1.165, 1.54) is 5.56 Å². The van der Waals surface area contributed by atoms with Crippen LogP contribution in [0.25, 0.3) is 0 Å². The van der Waals surface area contributed by atoms with Crippen LogP contribution in [0.4, 0.5) is 0 Å². The number of hydrogen-bond donors (Lipinski definition) is 1. The first kappa shape index (κ1) is 18.6. The minimum atomic E-state index is -0.975. The van der Waals surface area contributed by atoms with E-state index in [1.807, 2.05) is 37.3 Å². The van der Waals surface area contributed by atoms with Gasteiger partial charge in [-0.1, -0.05) is 19.1 Å². The van der Waals surface area contributed by atoms with E-state index in [4.69, 9.17) is 0 Å². The van der Waals surface area contributed by atoms with Crippen molar-refractivity contribution in [1.82, 2.24) is 5.32 Å². The number of rotatable bonds is 5. The zero-order valence-electron chi connectivity index (χ0n) is 14.4. The van der Waals surface area contributed by atoms with E-state index >= 15 is 0 Å². The molecule has 0 heterocycles. The van der Waals surface area contributed by atoms with E-state index in [1.54, 1.807) is 26.0 Å². The molecule has 4 heteroatoms. The van der Waals surface area contributed by atoms with E-state index in [2.05, 4.69) is 34.8 Å². The molecule has 3 nitrogen and oxygen atoms in total. The van der Waals surface area contributed by atoms with Gasteiger partial charge in [0.2, 0.25) is 0 Å². The summed E-state index contributed by atoms with van der Waals surface area (Å²) in [7, 11) is 0. The normalized spacial score (nSPS) is 11.2. The largest absolute Gasteiger partial charge is 0.340 e. The van der Waals surface area contributed by atoms with Gasteiger partial charge in [0.25, 0.3) is 5.91 Å². The lowest BCUT2D eigenvalue weighted by molar-refractivity contribution is 0.0798. The molecule has 0 aliphatic carbocycles. The third kappa shape index (κ3) is 4.44. The van der Waals surface area contributed by atoms with Gasteiger partial charge in [0.1, 0.15) is 0 Å². The van der Waals surface area contributed by atoms with Gasteiger partial charge in [0.15, 0.2) is 5.78 Å². The number of halogens is 1. The van der Waals surface area contributed by atoms with E-state index in [9.17, 15) is 9.59 Å². The molecule has 0 saturated heterocycles. The summed E-state index contributed by atoms with van der Waals surface area (Å²) >= 11 is 2.19. The summed E-state index contributed by atoms with van der Waals surface area (Å²) in [6, 6.07) is 13.2. The van der Waals surface area contributed by atoms with Gasteiger partial charge < -0.3 is 5.32 Å². The lowest BCUT2D eigenvalue weighted by Crippen LogP contribution is -2.49. The Hall–Kier alpha value is -1.69. The minimum absolute atomic E-state index is 0.0948. The van der Waals surface area contributed by atoms with Crippen molar-refractivity contribution in [2.75, 3.05) is 0 Å². The van der Waals surface area contributed by atoms with Gasteiger partial charge in [-0.05, 0) is 91.2 Å². The minimum Gasteiger partial charge on any atom is -0.340 e. The SMILES string of the molecule is CCc1ccc(C(=O)NC(C)(C)C(=O)c2cc(C)cc(I)c2)cc1. The number of amides is 1. The smallest absolute Gasteiger partial charge is 0.252 e. The highest BCUT2D eigenvalue weighted by molar-refractivity contribution is 14.1. The van der Waals surface area contributed by atoms with Crippen LogP contribution >= 0.6 is 22.6 Å². The highest BCUT2D eigenvalue weighted by Gasteiger charge is 2.31. The van der Waals surface area contributed by atoms with Gasteiger partial charge >= 0.3 is 0 Å². The fourth-order valence-corrected chi connectivity index (χ4v) is 3.36. The standard InChI is InChI=1S/C20H22INO2/c1-5-14-6-8-15(9-7-14)19(24)22-20(3,4)18(23)16-10-13(2)11-17(21)12-16/h6-12H,5H2,1-4H3,(H,22,24). The number of hydrogen-bond acceptors (Lipinski definition) is 2. The quantitative estimate of drug-likeness (QED) is 0.553. The van der Waals surface area contributed by atoms with Gasteiger partial charge in [0.05, 0.1) is 5.54 Å². The second-order valence-corrected chi connectivity index (χ2v) is 7.72. The van der Waals surface area contributed by atoms with Crippen molar-refractivity contribution in [2.24, 2.45) is 0 Å². The Kier molecular flexibility index (Phi) is 5.80. The zero-order chi connectivity index (χ0) is 17.9. The Morgan fingerprint density at radius 2 is 1.67 bits per heavy atom. The first-order valence-electron chi connectivity index (χ1n) is 7.96. The fraction of sp³-hybridized carbons (Fsp3) is 0.300. The Morgan fingerprint density at radius 3 is 2.21 bits per heavy atom. The number of Topliss-reactive ketones (excluding diaryl/α,β-unsaturated/α-hetero) is 1. The van der Waals surface area contributed by atoms with Crippen LogP contribution in [0.1, 0.15) is 52.6 Å². The number of carbonyl (C=O) groups is 2. The molecule has 126 valence electrons. The van der Waals surface area contributed by atoms with Gasteiger partial charge in [-0.25, -0.2) is 0 Å². The second-order valence-electron chi connectivity index (χ2n) is 6.48. The molecule has 0 bridgehead atoms. The molecule has 0 radical (unpaired) electrons. The van der Waals surface area contributed by atoms with Crippen molar-refractivity contribution in [3.8, 4) is 0 Å². The molecule has 2 rings (SSSR count). The summed E-state index contributed by atoms with van der Waals surface area (Å²) in [6.07, 6.45) is 0.928. The van der Waals surface area contributed by atoms with Crippen molar-refractivity contribution in [3.05, 3.63) is 68.3 Å². The molecule has 0 atom stereocenters. The van der Waals surface area contributed by atoms with E-state index < -0.39 is 5.54 Å². The molecule has 1 amide bonds. The summed E-state index contributed by atoms with van der Waals surface area (Å²) < 4.78 is 1.01. The maximum Gasteiger partial charge on any atom is 0.252 e.